The molecule has 2 aliphatic heterocycles. The van der Waals surface area contributed by atoms with Gasteiger partial charge in [-0.05, 0) is 66.3 Å². The van der Waals surface area contributed by atoms with E-state index >= 15 is 8.78 Å². The lowest BCUT2D eigenvalue weighted by Gasteiger charge is -2.34. The van der Waals surface area contributed by atoms with Crippen molar-refractivity contribution in [2.24, 2.45) is 0 Å². The van der Waals surface area contributed by atoms with Crippen LogP contribution in [0.25, 0.3) is 32.8 Å². The summed E-state index contributed by atoms with van der Waals surface area (Å²) in [5.41, 5.74) is 1.04. The summed E-state index contributed by atoms with van der Waals surface area (Å²) in [6.07, 6.45) is 2.82. The van der Waals surface area contributed by atoms with Crippen molar-refractivity contribution >= 4 is 27.5 Å². The molecule has 4 aromatic rings. The van der Waals surface area contributed by atoms with Gasteiger partial charge in [0.15, 0.2) is 5.82 Å². The Kier molecular flexibility index (Phi) is 5.63. The summed E-state index contributed by atoms with van der Waals surface area (Å²) in [5.74, 6) is -1.07. The summed E-state index contributed by atoms with van der Waals surface area (Å²) in [4.78, 5) is 11.0. The molecule has 1 aromatic heterocycles. The summed E-state index contributed by atoms with van der Waals surface area (Å²) in [6, 6.07) is 10.7. The Labute approximate surface area is 207 Å². The third kappa shape index (κ3) is 3.71. The second-order valence-corrected chi connectivity index (χ2v) is 9.61. The molecule has 0 spiro atoms. The van der Waals surface area contributed by atoms with Crippen molar-refractivity contribution in [1.29, 1.82) is 0 Å². The zero-order valence-corrected chi connectivity index (χ0v) is 20.3. The van der Waals surface area contributed by atoms with Gasteiger partial charge in [0, 0.05) is 30.6 Å². The van der Waals surface area contributed by atoms with Gasteiger partial charge in [-0.15, -0.1) is 0 Å². The number of anilines is 1. The summed E-state index contributed by atoms with van der Waals surface area (Å²) in [6.45, 7) is 5.54. The van der Waals surface area contributed by atoms with Crippen LogP contribution in [0.3, 0.4) is 0 Å². The number of aryl methyl sites for hydroxylation is 1. The number of hydrogen-bond donors (Lipinski definition) is 2. The number of rotatable bonds is 5. The fraction of sp³-hybridized carbons (Fsp3) is 0.357. The molecular formula is C28H28F2N4O2. The first-order chi connectivity index (χ1) is 17.5. The van der Waals surface area contributed by atoms with E-state index in [1.54, 1.807) is 6.07 Å². The molecule has 2 bridgehead atoms. The first kappa shape index (κ1) is 22.9. The predicted molar refractivity (Wildman–Crippen MR) is 137 cm³/mol. The topological polar surface area (TPSA) is 70.5 Å². The number of phenols is 1. The van der Waals surface area contributed by atoms with Gasteiger partial charge < -0.3 is 20.1 Å². The van der Waals surface area contributed by atoms with Gasteiger partial charge in [-0.1, -0.05) is 25.1 Å². The molecule has 3 aromatic carbocycles. The smallest absolute Gasteiger partial charge is 0.319 e. The molecule has 2 atom stereocenters. The molecule has 2 fully saturated rings. The molecule has 6 rings (SSSR count). The van der Waals surface area contributed by atoms with E-state index in [9.17, 15) is 5.11 Å². The van der Waals surface area contributed by atoms with Crippen LogP contribution in [-0.2, 0) is 6.42 Å². The van der Waals surface area contributed by atoms with Gasteiger partial charge in [-0.2, -0.15) is 9.97 Å². The van der Waals surface area contributed by atoms with E-state index in [0.717, 1.165) is 23.8 Å². The van der Waals surface area contributed by atoms with Crippen molar-refractivity contribution in [3.63, 3.8) is 0 Å². The molecule has 0 saturated carbocycles. The number of nitrogens with zero attached hydrogens (tertiary/aromatic N) is 3. The van der Waals surface area contributed by atoms with Crippen molar-refractivity contribution in [1.82, 2.24) is 15.3 Å². The molecule has 3 heterocycles. The van der Waals surface area contributed by atoms with Crippen LogP contribution in [0.1, 0.15) is 32.3 Å². The Hall–Kier alpha value is -3.52. The largest absolute Gasteiger partial charge is 0.508 e. The fourth-order valence-electron chi connectivity index (χ4n) is 5.79. The van der Waals surface area contributed by atoms with Crippen LogP contribution in [-0.4, -0.2) is 46.9 Å². The van der Waals surface area contributed by atoms with E-state index in [1.807, 2.05) is 32.0 Å². The lowest BCUT2D eigenvalue weighted by atomic mass is 9.92. The highest BCUT2D eigenvalue weighted by atomic mass is 19.1. The molecular weight excluding hydrogens is 462 g/mol. The number of halogens is 2. The molecule has 2 saturated heterocycles. The van der Waals surface area contributed by atoms with Gasteiger partial charge in [-0.25, -0.2) is 8.78 Å². The molecule has 2 unspecified atom stereocenters. The molecule has 36 heavy (non-hydrogen) atoms. The summed E-state index contributed by atoms with van der Waals surface area (Å²) in [5, 5.41) is 15.7. The third-order valence-corrected chi connectivity index (χ3v) is 7.33. The van der Waals surface area contributed by atoms with Crippen LogP contribution in [0.2, 0.25) is 0 Å². The van der Waals surface area contributed by atoms with Gasteiger partial charge in [0.1, 0.15) is 22.9 Å². The Balaban J connectivity index is 1.61. The van der Waals surface area contributed by atoms with Crippen LogP contribution >= 0.6 is 0 Å². The first-order valence-electron chi connectivity index (χ1n) is 12.5. The number of aromatic nitrogens is 2. The van der Waals surface area contributed by atoms with E-state index in [1.165, 1.54) is 12.1 Å². The minimum atomic E-state index is -0.787. The summed E-state index contributed by atoms with van der Waals surface area (Å²) in [7, 11) is 0. The van der Waals surface area contributed by atoms with Crippen LogP contribution in [0.15, 0.2) is 36.4 Å². The lowest BCUT2D eigenvalue weighted by Crippen LogP contribution is -2.51. The fourth-order valence-corrected chi connectivity index (χ4v) is 5.79. The maximum absolute atomic E-state index is 16.3. The maximum atomic E-state index is 16.3. The standard InChI is InChI=1S/C28H28F2N4O2/c1-3-15-6-5-7-16-10-19(35)11-20(23(15)16)24-22(29)12-21-26(25(24)30)32-28(36-4-2)33-27(21)34-13-17-8-9-18(14-34)31-17/h5-7,10-12,17-18,31,35H,3-4,8-9,13-14H2,1-2H3. The average Bonchev–Trinajstić information content (AvgIpc) is 3.20. The number of piperazine rings is 1. The minimum absolute atomic E-state index is 0.0104. The minimum Gasteiger partial charge on any atom is -0.508 e. The number of aromatic hydroxyl groups is 1. The summed E-state index contributed by atoms with van der Waals surface area (Å²) < 4.78 is 37.8. The molecule has 8 heteroatoms. The highest BCUT2D eigenvalue weighted by Gasteiger charge is 2.34. The van der Waals surface area contributed by atoms with Gasteiger partial charge in [0.25, 0.3) is 0 Å². The van der Waals surface area contributed by atoms with E-state index in [-0.39, 0.29) is 22.8 Å². The highest BCUT2D eigenvalue weighted by molar-refractivity contribution is 6.03. The Morgan fingerprint density at radius 2 is 1.86 bits per heavy atom. The zero-order valence-electron chi connectivity index (χ0n) is 20.3. The molecule has 0 radical (unpaired) electrons. The zero-order chi connectivity index (χ0) is 25.0. The Morgan fingerprint density at radius 1 is 1.08 bits per heavy atom. The molecule has 0 aliphatic carbocycles. The van der Waals surface area contributed by atoms with E-state index in [2.05, 4.69) is 20.2 Å². The number of ether oxygens (including phenoxy) is 1. The maximum Gasteiger partial charge on any atom is 0.319 e. The third-order valence-electron chi connectivity index (χ3n) is 7.33. The number of benzene rings is 3. The molecule has 2 aliphatic rings. The quantitative estimate of drug-likeness (QED) is 0.394. The average molecular weight is 491 g/mol. The summed E-state index contributed by atoms with van der Waals surface area (Å²) >= 11 is 0. The van der Waals surface area contributed by atoms with Crippen LogP contribution < -0.4 is 15.0 Å². The SMILES string of the molecule is CCOc1nc(N2CC3CCC(C2)N3)c2cc(F)c(-c3cc(O)cc4cccc(CC)c34)c(F)c2n1. The normalized spacial score (nSPS) is 19.4. The monoisotopic (exact) mass is 490 g/mol. The van der Waals surface area contributed by atoms with E-state index in [4.69, 9.17) is 4.74 Å². The molecule has 6 nitrogen and oxygen atoms in total. The van der Waals surface area contributed by atoms with Crippen molar-refractivity contribution in [3.8, 4) is 22.9 Å². The van der Waals surface area contributed by atoms with Gasteiger partial charge in [0.2, 0.25) is 0 Å². The second kappa shape index (κ2) is 8.85. The number of phenolic OH excluding ortho intramolecular Hbond substituents is 1. The van der Waals surface area contributed by atoms with Crippen LogP contribution in [0.5, 0.6) is 11.8 Å². The number of hydrogen-bond acceptors (Lipinski definition) is 6. The van der Waals surface area contributed by atoms with Crippen LogP contribution in [0, 0.1) is 11.6 Å². The Morgan fingerprint density at radius 3 is 2.58 bits per heavy atom. The van der Waals surface area contributed by atoms with Gasteiger partial charge in [0.05, 0.1) is 12.2 Å². The molecule has 186 valence electrons. The highest BCUT2D eigenvalue weighted by Crippen LogP contribution is 2.41. The van der Waals surface area contributed by atoms with Crippen molar-refractivity contribution < 1.29 is 18.6 Å². The lowest BCUT2D eigenvalue weighted by molar-refractivity contribution is 0.313. The molecule has 0 amide bonds. The number of nitrogens with one attached hydrogen (secondary N) is 1. The van der Waals surface area contributed by atoms with Gasteiger partial charge >= 0.3 is 6.01 Å². The predicted octanol–water partition coefficient (Wildman–Crippen LogP) is 5.34. The molecule has 2 N–H and O–H groups in total. The first-order valence-corrected chi connectivity index (χ1v) is 12.5. The number of fused-ring (bicyclic) bond motifs is 4. The van der Waals surface area contributed by atoms with Crippen molar-refractivity contribution in [2.75, 3.05) is 24.6 Å². The van der Waals surface area contributed by atoms with Crippen molar-refractivity contribution in [3.05, 3.63) is 53.6 Å². The Bertz CT molecular complexity index is 1480. The van der Waals surface area contributed by atoms with Crippen molar-refractivity contribution in [2.45, 2.75) is 45.2 Å². The second-order valence-electron chi connectivity index (χ2n) is 9.61. The van der Waals surface area contributed by atoms with Gasteiger partial charge in [-0.3, -0.25) is 0 Å². The van der Waals surface area contributed by atoms with E-state index < -0.39 is 11.6 Å². The van der Waals surface area contributed by atoms with E-state index in [0.29, 0.717) is 60.4 Å². The van der Waals surface area contributed by atoms with Crippen LogP contribution in [0.4, 0.5) is 14.6 Å².